The fourth-order valence-corrected chi connectivity index (χ4v) is 4.47. The van der Waals surface area contributed by atoms with Crippen molar-refractivity contribution in [3.63, 3.8) is 0 Å². The Morgan fingerprint density at radius 1 is 1.20 bits per heavy atom. The lowest BCUT2D eigenvalue weighted by molar-refractivity contribution is -0.384. The predicted octanol–water partition coefficient (Wildman–Crippen LogP) is 4.85. The average molecular weight is 491 g/mol. The van der Waals surface area contributed by atoms with Crippen LogP contribution in [-0.2, 0) is 13.6 Å². The molecular formula is C24H23ClN8O2. The second-order valence-electron chi connectivity index (χ2n) is 8.55. The van der Waals surface area contributed by atoms with E-state index in [2.05, 4.69) is 25.3 Å². The van der Waals surface area contributed by atoms with Gasteiger partial charge in [0.15, 0.2) is 5.69 Å². The number of nitrogens with zero attached hydrogens (tertiary/aromatic N) is 7. The van der Waals surface area contributed by atoms with Gasteiger partial charge in [-0.3, -0.25) is 14.8 Å². The minimum atomic E-state index is -0.466. The number of anilines is 2. The summed E-state index contributed by atoms with van der Waals surface area (Å²) < 4.78 is 3.80. The number of halogens is 1. The molecule has 3 heterocycles. The molecule has 178 valence electrons. The average Bonchev–Trinajstić information content (AvgIpc) is 3.39. The predicted molar refractivity (Wildman–Crippen MR) is 137 cm³/mol. The molecule has 5 aromatic rings. The second-order valence-corrected chi connectivity index (χ2v) is 8.95. The van der Waals surface area contributed by atoms with E-state index in [0.717, 1.165) is 28.4 Å². The molecule has 0 amide bonds. The molecule has 0 unspecified atom stereocenters. The summed E-state index contributed by atoms with van der Waals surface area (Å²) in [7, 11) is 5.91. The molecule has 3 aromatic heterocycles. The molecule has 0 bridgehead atoms. The fraction of sp³-hybridized carbons (Fsp3) is 0.208. The van der Waals surface area contributed by atoms with Gasteiger partial charge in [0.05, 0.1) is 28.2 Å². The van der Waals surface area contributed by atoms with Crippen LogP contribution in [-0.4, -0.2) is 54.8 Å². The number of fused-ring (bicyclic) bond motifs is 2. The molecule has 0 aliphatic rings. The molecule has 11 heteroatoms. The number of hydrogen-bond donors (Lipinski definition) is 1. The zero-order valence-corrected chi connectivity index (χ0v) is 20.2. The standard InChI is InChI=1S/C24H23ClN8O2/c1-30(2)8-9-32-23-15(12-27-32)10-16(11-19(23)25)28-24-26-13-21(33(34)35)22(29-24)18-14-31(3)20-7-5-4-6-17(18)20/h4-7,10-14H,8-9H2,1-3H3,(H,26,28,29). The first kappa shape index (κ1) is 22.8. The first-order valence-electron chi connectivity index (χ1n) is 10.9. The molecule has 5 rings (SSSR count). The van der Waals surface area contributed by atoms with Crippen LogP contribution in [0.1, 0.15) is 0 Å². The van der Waals surface area contributed by atoms with E-state index in [1.807, 2.05) is 66.9 Å². The number of aryl methyl sites for hydroxylation is 1. The fourth-order valence-electron chi connectivity index (χ4n) is 4.14. The van der Waals surface area contributed by atoms with Gasteiger partial charge in [0.2, 0.25) is 5.95 Å². The number of benzene rings is 2. The van der Waals surface area contributed by atoms with Crippen LogP contribution >= 0.6 is 11.6 Å². The van der Waals surface area contributed by atoms with E-state index in [9.17, 15) is 10.1 Å². The molecule has 35 heavy (non-hydrogen) atoms. The second kappa shape index (κ2) is 8.97. The van der Waals surface area contributed by atoms with Gasteiger partial charge in [0, 0.05) is 47.3 Å². The quantitative estimate of drug-likeness (QED) is 0.256. The van der Waals surface area contributed by atoms with E-state index < -0.39 is 4.92 Å². The molecule has 0 aliphatic carbocycles. The zero-order chi connectivity index (χ0) is 24.7. The first-order valence-corrected chi connectivity index (χ1v) is 11.3. The third-order valence-corrected chi connectivity index (χ3v) is 6.11. The van der Waals surface area contributed by atoms with Crippen LogP contribution in [0.2, 0.25) is 5.02 Å². The summed E-state index contributed by atoms with van der Waals surface area (Å²) in [4.78, 5) is 22.1. The van der Waals surface area contributed by atoms with Crippen LogP contribution in [0.15, 0.2) is 55.0 Å². The number of nitro groups is 1. The summed E-state index contributed by atoms with van der Waals surface area (Å²) in [5.41, 5.74) is 3.20. The number of rotatable bonds is 7. The van der Waals surface area contributed by atoms with Crippen molar-refractivity contribution in [1.82, 2.24) is 29.2 Å². The van der Waals surface area contributed by atoms with Crippen LogP contribution in [0, 0.1) is 10.1 Å². The van der Waals surface area contributed by atoms with Crippen LogP contribution in [0.25, 0.3) is 33.1 Å². The monoisotopic (exact) mass is 490 g/mol. The highest BCUT2D eigenvalue weighted by Gasteiger charge is 2.22. The van der Waals surface area contributed by atoms with E-state index in [1.165, 1.54) is 6.20 Å². The molecule has 2 aromatic carbocycles. The molecule has 10 nitrogen and oxygen atoms in total. The Balaban J connectivity index is 1.53. The van der Waals surface area contributed by atoms with E-state index in [1.54, 1.807) is 12.3 Å². The van der Waals surface area contributed by atoms with E-state index >= 15 is 0 Å². The van der Waals surface area contributed by atoms with Crippen molar-refractivity contribution in [3.05, 3.63) is 70.1 Å². The van der Waals surface area contributed by atoms with E-state index in [0.29, 0.717) is 22.8 Å². The van der Waals surface area contributed by atoms with Gasteiger partial charge >= 0.3 is 5.69 Å². The largest absolute Gasteiger partial charge is 0.350 e. The minimum absolute atomic E-state index is 0.164. The molecule has 0 radical (unpaired) electrons. The maximum atomic E-state index is 11.8. The lowest BCUT2D eigenvalue weighted by atomic mass is 10.1. The number of likely N-dealkylation sites (N-methyl/N-ethyl adjacent to an activating group) is 1. The van der Waals surface area contributed by atoms with Crippen molar-refractivity contribution in [2.75, 3.05) is 26.0 Å². The molecular weight excluding hydrogens is 468 g/mol. The Labute approximate surface area is 205 Å². The molecule has 0 aliphatic heterocycles. The van der Waals surface area contributed by atoms with Crippen molar-refractivity contribution in [1.29, 1.82) is 0 Å². The molecule has 0 saturated heterocycles. The third-order valence-electron chi connectivity index (χ3n) is 5.82. The summed E-state index contributed by atoms with van der Waals surface area (Å²) in [6.07, 6.45) is 4.83. The summed E-state index contributed by atoms with van der Waals surface area (Å²) in [5.74, 6) is 0.231. The molecule has 0 spiro atoms. The molecule has 0 atom stereocenters. The molecule has 0 saturated carbocycles. The van der Waals surface area contributed by atoms with Crippen molar-refractivity contribution in [3.8, 4) is 11.3 Å². The van der Waals surface area contributed by atoms with Crippen molar-refractivity contribution in [2.45, 2.75) is 6.54 Å². The minimum Gasteiger partial charge on any atom is -0.350 e. The zero-order valence-electron chi connectivity index (χ0n) is 19.4. The van der Waals surface area contributed by atoms with Crippen molar-refractivity contribution in [2.24, 2.45) is 7.05 Å². The summed E-state index contributed by atoms with van der Waals surface area (Å²) in [6, 6.07) is 11.4. The number of nitrogens with one attached hydrogen (secondary N) is 1. The van der Waals surface area contributed by atoms with Gasteiger partial charge < -0.3 is 14.8 Å². The highest BCUT2D eigenvalue weighted by molar-refractivity contribution is 6.35. The van der Waals surface area contributed by atoms with Crippen molar-refractivity contribution < 1.29 is 4.92 Å². The third kappa shape index (κ3) is 4.29. The summed E-state index contributed by atoms with van der Waals surface area (Å²) >= 11 is 6.60. The Bertz CT molecular complexity index is 1570. The van der Waals surface area contributed by atoms with Crippen LogP contribution in [0.4, 0.5) is 17.3 Å². The van der Waals surface area contributed by atoms with Crippen LogP contribution in [0.3, 0.4) is 0 Å². The number of hydrogen-bond acceptors (Lipinski definition) is 7. The number of para-hydroxylation sites is 1. The Hall–Kier alpha value is -4.02. The maximum Gasteiger partial charge on any atom is 0.313 e. The first-order chi connectivity index (χ1) is 16.8. The molecule has 0 fully saturated rings. The number of aromatic nitrogens is 5. The SMILES string of the molecule is CN(C)CCn1ncc2cc(Nc3ncc([N+](=O)[O-])c(-c4cn(C)c5ccccc45)n3)cc(Cl)c21. The molecule has 1 N–H and O–H groups in total. The Morgan fingerprint density at radius 3 is 2.77 bits per heavy atom. The smallest absolute Gasteiger partial charge is 0.313 e. The van der Waals surface area contributed by atoms with Gasteiger partial charge in [-0.1, -0.05) is 29.8 Å². The summed E-state index contributed by atoms with van der Waals surface area (Å²) in [5, 5.41) is 21.7. The van der Waals surface area contributed by atoms with Crippen LogP contribution in [0.5, 0.6) is 0 Å². The highest BCUT2D eigenvalue weighted by Crippen LogP contribution is 2.35. The Morgan fingerprint density at radius 2 is 2.00 bits per heavy atom. The Kier molecular flexibility index (Phi) is 5.83. The van der Waals surface area contributed by atoms with Gasteiger partial charge in [-0.05, 0) is 32.3 Å². The topological polar surface area (TPSA) is 107 Å². The van der Waals surface area contributed by atoms with Gasteiger partial charge in [-0.2, -0.15) is 5.10 Å². The summed E-state index contributed by atoms with van der Waals surface area (Å²) in [6.45, 7) is 1.55. The maximum absolute atomic E-state index is 11.8. The lowest BCUT2D eigenvalue weighted by Gasteiger charge is -2.11. The normalized spacial score (nSPS) is 11.6. The van der Waals surface area contributed by atoms with Crippen LogP contribution < -0.4 is 5.32 Å². The van der Waals surface area contributed by atoms with Gasteiger partial charge in [0.25, 0.3) is 0 Å². The van der Waals surface area contributed by atoms with Gasteiger partial charge in [-0.25, -0.2) is 9.97 Å². The van der Waals surface area contributed by atoms with Gasteiger partial charge in [-0.15, -0.1) is 0 Å². The lowest BCUT2D eigenvalue weighted by Crippen LogP contribution is -2.18. The van der Waals surface area contributed by atoms with Crippen molar-refractivity contribution >= 4 is 50.7 Å². The van der Waals surface area contributed by atoms with E-state index in [-0.39, 0.29) is 17.3 Å². The highest BCUT2D eigenvalue weighted by atomic mass is 35.5. The van der Waals surface area contributed by atoms with E-state index in [4.69, 9.17) is 11.6 Å². The van der Waals surface area contributed by atoms with Gasteiger partial charge in [0.1, 0.15) is 6.20 Å².